The Bertz CT molecular complexity index is 880. The highest BCUT2D eigenvalue weighted by Crippen LogP contribution is 2.13. The summed E-state index contributed by atoms with van der Waals surface area (Å²) in [5, 5.41) is 11.7. The SMILES string of the molecule is CCn1nc(C)c(CCNC(=O)c2cccc(Cn3cccn3)c2)c1C. The summed E-state index contributed by atoms with van der Waals surface area (Å²) in [5.41, 5.74) is 5.17. The molecule has 136 valence electrons. The maximum atomic E-state index is 12.5. The summed E-state index contributed by atoms with van der Waals surface area (Å²) < 4.78 is 3.85. The summed E-state index contributed by atoms with van der Waals surface area (Å²) >= 11 is 0. The second kappa shape index (κ2) is 7.99. The van der Waals surface area contributed by atoms with Crippen LogP contribution in [0.15, 0.2) is 42.7 Å². The average Bonchev–Trinajstić information content (AvgIpc) is 3.24. The van der Waals surface area contributed by atoms with Crippen molar-refractivity contribution in [3.05, 3.63) is 70.8 Å². The molecule has 3 rings (SSSR count). The monoisotopic (exact) mass is 351 g/mol. The molecule has 26 heavy (non-hydrogen) atoms. The van der Waals surface area contributed by atoms with Crippen molar-refractivity contribution in [3.63, 3.8) is 0 Å². The number of nitrogens with one attached hydrogen (secondary N) is 1. The van der Waals surface area contributed by atoms with Crippen molar-refractivity contribution in [1.82, 2.24) is 24.9 Å². The maximum Gasteiger partial charge on any atom is 0.251 e. The molecule has 6 heteroatoms. The van der Waals surface area contributed by atoms with E-state index in [1.807, 2.05) is 52.8 Å². The van der Waals surface area contributed by atoms with E-state index < -0.39 is 0 Å². The molecule has 0 aliphatic heterocycles. The Hall–Kier alpha value is -2.89. The Labute approximate surface area is 153 Å². The zero-order valence-electron chi connectivity index (χ0n) is 15.6. The highest BCUT2D eigenvalue weighted by molar-refractivity contribution is 5.94. The predicted octanol–water partition coefficient (Wildman–Crippen LogP) is 2.74. The lowest BCUT2D eigenvalue weighted by atomic mass is 10.1. The molecule has 1 aromatic carbocycles. The molecule has 1 N–H and O–H groups in total. The van der Waals surface area contributed by atoms with Gasteiger partial charge in [0.2, 0.25) is 0 Å². The van der Waals surface area contributed by atoms with Crippen molar-refractivity contribution in [2.45, 2.75) is 40.3 Å². The van der Waals surface area contributed by atoms with Crippen molar-refractivity contribution >= 4 is 5.91 Å². The summed E-state index contributed by atoms with van der Waals surface area (Å²) in [5.74, 6) is -0.0505. The van der Waals surface area contributed by atoms with Gasteiger partial charge in [-0.2, -0.15) is 10.2 Å². The quantitative estimate of drug-likeness (QED) is 0.712. The second-order valence-electron chi connectivity index (χ2n) is 6.38. The van der Waals surface area contributed by atoms with Gasteiger partial charge in [-0.1, -0.05) is 12.1 Å². The molecule has 3 aromatic rings. The highest BCUT2D eigenvalue weighted by Gasteiger charge is 2.11. The van der Waals surface area contributed by atoms with Crippen LogP contribution in [-0.4, -0.2) is 32.0 Å². The van der Waals surface area contributed by atoms with E-state index in [1.165, 1.54) is 11.3 Å². The molecule has 0 radical (unpaired) electrons. The molecule has 2 heterocycles. The molecule has 0 fully saturated rings. The smallest absolute Gasteiger partial charge is 0.251 e. The van der Waals surface area contributed by atoms with Gasteiger partial charge in [0.15, 0.2) is 0 Å². The van der Waals surface area contributed by atoms with E-state index in [0.717, 1.165) is 24.2 Å². The lowest BCUT2D eigenvalue weighted by molar-refractivity contribution is 0.0954. The molecule has 0 spiro atoms. The molecule has 1 amide bonds. The standard InChI is InChI=1S/C20H25N5O/c1-4-25-16(3)19(15(2)23-25)9-11-21-20(26)18-8-5-7-17(13-18)14-24-12-6-10-22-24/h5-8,10,12-13H,4,9,11,14H2,1-3H3,(H,21,26). The van der Waals surface area contributed by atoms with Crippen molar-refractivity contribution < 1.29 is 4.79 Å². The van der Waals surface area contributed by atoms with Gasteiger partial charge in [0.1, 0.15) is 0 Å². The van der Waals surface area contributed by atoms with E-state index in [-0.39, 0.29) is 5.91 Å². The molecular weight excluding hydrogens is 326 g/mol. The van der Waals surface area contributed by atoms with Gasteiger partial charge in [-0.3, -0.25) is 14.2 Å². The second-order valence-corrected chi connectivity index (χ2v) is 6.38. The van der Waals surface area contributed by atoms with Gasteiger partial charge in [0.25, 0.3) is 5.91 Å². The minimum atomic E-state index is -0.0505. The first-order valence-corrected chi connectivity index (χ1v) is 8.96. The highest BCUT2D eigenvalue weighted by atomic mass is 16.1. The first kappa shape index (κ1) is 17.9. The predicted molar refractivity (Wildman–Crippen MR) is 101 cm³/mol. The van der Waals surface area contributed by atoms with Gasteiger partial charge in [-0.15, -0.1) is 0 Å². The molecule has 2 aromatic heterocycles. The zero-order chi connectivity index (χ0) is 18.5. The Balaban J connectivity index is 1.59. The zero-order valence-corrected chi connectivity index (χ0v) is 15.6. The van der Waals surface area contributed by atoms with Crippen LogP contribution in [0.4, 0.5) is 0 Å². The summed E-state index contributed by atoms with van der Waals surface area (Å²) in [7, 11) is 0. The Kier molecular flexibility index (Phi) is 5.51. The van der Waals surface area contributed by atoms with Crippen LogP contribution < -0.4 is 5.32 Å². The average molecular weight is 351 g/mol. The number of aryl methyl sites for hydroxylation is 2. The number of aromatic nitrogens is 4. The fourth-order valence-electron chi connectivity index (χ4n) is 3.20. The number of hydrogen-bond donors (Lipinski definition) is 1. The normalized spacial score (nSPS) is 10.9. The van der Waals surface area contributed by atoms with Gasteiger partial charge in [0, 0.05) is 36.7 Å². The van der Waals surface area contributed by atoms with Crippen LogP contribution in [0.2, 0.25) is 0 Å². The minimum absolute atomic E-state index is 0.0505. The number of benzene rings is 1. The number of rotatable bonds is 7. The van der Waals surface area contributed by atoms with Crippen molar-refractivity contribution in [2.75, 3.05) is 6.54 Å². The Morgan fingerprint density at radius 1 is 1.23 bits per heavy atom. The van der Waals surface area contributed by atoms with Crippen LogP contribution in [0.25, 0.3) is 0 Å². The van der Waals surface area contributed by atoms with Crippen LogP contribution >= 0.6 is 0 Å². The summed E-state index contributed by atoms with van der Waals surface area (Å²) in [6.07, 6.45) is 4.45. The number of carbonyl (C=O) groups excluding carboxylic acids is 1. The maximum absolute atomic E-state index is 12.5. The molecular formula is C20H25N5O. The number of hydrogen-bond acceptors (Lipinski definition) is 3. The van der Waals surface area contributed by atoms with Crippen LogP contribution in [-0.2, 0) is 19.5 Å². The van der Waals surface area contributed by atoms with Gasteiger partial charge >= 0.3 is 0 Å². The molecule has 0 saturated carbocycles. The first-order chi connectivity index (χ1) is 12.6. The van der Waals surface area contributed by atoms with E-state index in [2.05, 4.69) is 29.4 Å². The molecule has 0 aliphatic carbocycles. The van der Waals surface area contributed by atoms with E-state index in [4.69, 9.17) is 0 Å². The van der Waals surface area contributed by atoms with Crippen LogP contribution in [0.3, 0.4) is 0 Å². The molecule has 0 bridgehead atoms. The van der Waals surface area contributed by atoms with Crippen molar-refractivity contribution in [2.24, 2.45) is 0 Å². The van der Waals surface area contributed by atoms with E-state index in [9.17, 15) is 4.79 Å². The van der Waals surface area contributed by atoms with Gasteiger partial charge in [0.05, 0.1) is 12.2 Å². The van der Waals surface area contributed by atoms with Crippen molar-refractivity contribution in [1.29, 1.82) is 0 Å². The fraction of sp³-hybridized carbons (Fsp3) is 0.350. The third-order valence-corrected chi connectivity index (χ3v) is 4.58. The van der Waals surface area contributed by atoms with Crippen LogP contribution in [0, 0.1) is 13.8 Å². The van der Waals surface area contributed by atoms with Gasteiger partial charge in [-0.25, -0.2) is 0 Å². The van der Waals surface area contributed by atoms with Crippen LogP contribution in [0.1, 0.15) is 39.8 Å². The van der Waals surface area contributed by atoms with Gasteiger partial charge < -0.3 is 5.32 Å². The molecule has 0 saturated heterocycles. The lowest BCUT2D eigenvalue weighted by Crippen LogP contribution is -2.26. The topological polar surface area (TPSA) is 64.7 Å². The van der Waals surface area contributed by atoms with E-state index >= 15 is 0 Å². The largest absolute Gasteiger partial charge is 0.352 e. The molecule has 6 nitrogen and oxygen atoms in total. The summed E-state index contributed by atoms with van der Waals surface area (Å²) in [6.45, 7) is 8.31. The molecule has 0 atom stereocenters. The summed E-state index contributed by atoms with van der Waals surface area (Å²) in [4.78, 5) is 12.5. The Morgan fingerprint density at radius 3 is 2.77 bits per heavy atom. The third kappa shape index (κ3) is 4.02. The third-order valence-electron chi connectivity index (χ3n) is 4.58. The fourth-order valence-corrected chi connectivity index (χ4v) is 3.20. The number of carbonyl (C=O) groups is 1. The lowest BCUT2D eigenvalue weighted by Gasteiger charge is -2.08. The molecule has 0 unspecified atom stereocenters. The van der Waals surface area contributed by atoms with Gasteiger partial charge in [-0.05, 0) is 56.5 Å². The van der Waals surface area contributed by atoms with E-state index in [0.29, 0.717) is 18.7 Å². The number of nitrogens with zero attached hydrogens (tertiary/aromatic N) is 4. The van der Waals surface area contributed by atoms with Crippen LogP contribution in [0.5, 0.6) is 0 Å². The van der Waals surface area contributed by atoms with Crippen molar-refractivity contribution in [3.8, 4) is 0 Å². The number of amides is 1. The Morgan fingerprint density at radius 2 is 2.08 bits per heavy atom. The van der Waals surface area contributed by atoms with E-state index in [1.54, 1.807) is 6.20 Å². The first-order valence-electron chi connectivity index (χ1n) is 8.96. The minimum Gasteiger partial charge on any atom is -0.352 e. The summed E-state index contributed by atoms with van der Waals surface area (Å²) in [6, 6.07) is 9.56. The molecule has 0 aliphatic rings.